The van der Waals surface area contributed by atoms with Crippen molar-refractivity contribution in [3.63, 3.8) is 0 Å². The number of hydrogen-bond acceptors (Lipinski definition) is 5. The molecule has 0 aliphatic rings. The van der Waals surface area contributed by atoms with Gasteiger partial charge in [0.15, 0.2) is 0 Å². The van der Waals surface area contributed by atoms with Crippen LogP contribution in [0.5, 0.6) is 0 Å². The van der Waals surface area contributed by atoms with Crippen molar-refractivity contribution in [3.8, 4) is 0 Å². The second kappa shape index (κ2) is 8.32. The number of carbonyl (C=O) groups excluding carboxylic acids is 3. The van der Waals surface area contributed by atoms with Crippen molar-refractivity contribution >= 4 is 18.0 Å². The van der Waals surface area contributed by atoms with Crippen molar-refractivity contribution in [3.05, 3.63) is 0 Å². The van der Waals surface area contributed by atoms with E-state index in [0.29, 0.717) is 6.42 Å². The molecule has 104 valence electrons. The van der Waals surface area contributed by atoms with Gasteiger partial charge in [-0.3, -0.25) is 4.79 Å². The van der Waals surface area contributed by atoms with E-state index in [1.807, 2.05) is 13.8 Å². The van der Waals surface area contributed by atoms with Gasteiger partial charge in [-0.25, -0.2) is 9.59 Å². The Morgan fingerprint density at radius 2 is 1.72 bits per heavy atom. The average molecular weight is 260 g/mol. The van der Waals surface area contributed by atoms with E-state index < -0.39 is 24.0 Å². The normalized spacial score (nSPS) is 11.6. The topological polar surface area (TPSA) is 93.7 Å². The highest BCUT2D eigenvalue weighted by atomic mass is 16.5. The number of methoxy groups -OCH3 is 2. The maximum atomic E-state index is 11.5. The first-order chi connectivity index (χ1) is 8.40. The molecule has 0 fully saturated rings. The minimum atomic E-state index is -0.707. The molecule has 0 aliphatic carbocycles. The van der Waals surface area contributed by atoms with Crippen LogP contribution in [0.25, 0.3) is 0 Å². The second-order valence-corrected chi connectivity index (χ2v) is 4.12. The quantitative estimate of drug-likeness (QED) is 0.658. The van der Waals surface area contributed by atoms with Gasteiger partial charge in [-0.05, 0) is 12.3 Å². The van der Waals surface area contributed by atoms with Crippen molar-refractivity contribution in [2.24, 2.45) is 5.92 Å². The first-order valence-electron chi connectivity index (χ1n) is 5.59. The molecule has 0 aromatic rings. The summed E-state index contributed by atoms with van der Waals surface area (Å²) in [6.07, 6.45) is -0.236. The molecule has 18 heavy (non-hydrogen) atoms. The summed E-state index contributed by atoms with van der Waals surface area (Å²) in [6.45, 7) is 3.60. The van der Waals surface area contributed by atoms with Crippen molar-refractivity contribution < 1.29 is 23.9 Å². The molecule has 1 unspecified atom stereocenters. The lowest BCUT2D eigenvalue weighted by molar-refractivity contribution is -0.145. The largest absolute Gasteiger partial charge is 0.467 e. The molecule has 0 aliphatic heterocycles. The van der Waals surface area contributed by atoms with Crippen molar-refractivity contribution in [2.45, 2.75) is 26.3 Å². The third-order valence-corrected chi connectivity index (χ3v) is 2.11. The molecule has 0 spiro atoms. The predicted molar refractivity (Wildman–Crippen MR) is 63.8 cm³/mol. The summed E-state index contributed by atoms with van der Waals surface area (Å²) in [4.78, 5) is 33.7. The highest BCUT2D eigenvalue weighted by Gasteiger charge is 2.22. The van der Waals surface area contributed by atoms with Crippen molar-refractivity contribution in [2.75, 3.05) is 20.8 Å². The van der Waals surface area contributed by atoms with E-state index in [0.717, 1.165) is 0 Å². The Morgan fingerprint density at radius 1 is 1.11 bits per heavy atom. The number of rotatable bonds is 6. The maximum absolute atomic E-state index is 11.5. The van der Waals surface area contributed by atoms with Gasteiger partial charge < -0.3 is 20.1 Å². The molecule has 0 heterocycles. The molecule has 7 heteroatoms. The Balaban J connectivity index is 4.26. The average Bonchev–Trinajstić information content (AvgIpc) is 2.33. The number of carbonyl (C=O) groups is 3. The zero-order chi connectivity index (χ0) is 14.1. The molecule has 7 nitrogen and oxygen atoms in total. The minimum Gasteiger partial charge on any atom is -0.467 e. The van der Waals surface area contributed by atoms with Gasteiger partial charge in [0.1, 0.15) is 12.6 Å². The van der Waals surface area contributed by atoms with Crippen LogP contribution in [-0.4, -0.2) is 44.8 Å². The summed E-state index contributed by atoms with van der Waals surface area (Å²) in [7, 11) is 2.46. The summed E-state index contributed by atoms with van der Waals surface area (Å²) in [5.41, 5.74) is 0. The van der Waals surface area contributed by atoms with Crippen LogP contribution in [0, 0.1) is 5.92 Å². The number of ether oxygens (including phenoxy) is 2. The zero-order valence-electron chi connectivity index (χ0n) is 11.1. The fraction of sp³-hybridized carbons (Fsp3) is 0.727. The monoisotopic (exact) mass is 260 g/mol. The fourth-order valence-electron chi connectivity index (χ4n) is 1.30. The summed E-state index contributed by atoms with van der Waals surface area (Å²) in [5, 5.41) is 4.72. The van der Waals surface area contributed by atoms with Crippen molar-refractivity contribution in [1.82, 2.24) is 10.6 Å². The van der Waals surface area contributed by atoms with Gasteiger partial charge in [-0.1, -0.05) is 13.8 Å². The van der Waals surface area contributed by atoms with Gasteiger partial charge in [0, 0.05) is 0 Å². The third kappa shape index (κ3) is 6.72. The standard InChI is InChI=1S/C11H20N2O5/c1-7(2)5-8(10(15)17-3)13-9(14)6-12-11(16)18-4/h7-8H,5-6H2,1-4H3,(H,12,16)(H,13,14). The van der Waals surface area contributed by atoms with Gasteiger partial charge in [0.25, 0.3) is 0 Å². The molecule has 0 aromatic heterocycles. The third-order valence-electron chi connectivity index (χ3n) is 2.11. The zero-order valence-corrected chi connectivity index (χ0v) is 11.1. The lowest BCUT2D eigenvalue weighted by Gasteiger charge is -2.18. The molecule has 0 saturated heterocycles. The summed E-state index contributed by atoms with van der Waals surface area (Å²) in [5.74, 6) is -0.755. The first-order valence-corrected chi connectivity index (χ1v) is 5.59. The van der Waals surface area contributed by atoms with Crippen LogP contribution in [-0.2, 0) is 19.1 Å². The van der Waals surface area contributed by atoms with Gasteiger partial charge in [-0.15, -0.1) is 0 Å². The van der Waals surface area contributed by atoms with E-state index in [1.165, 1.54) is 14.2 Å². The molecule has 0 radical (unpaired) electrons. The van der Waals surface area contributed by atoms with Gasteiger partial charge >= 0.3 is 12.1 Å². The highest BCUT2D eigenvalue weighted by Crippen LogP contribution is 2.05. The molecule has 0 bridgehead atoms. The van der Waals surface area contributed by atoms with Crippen LogP contribution < -0.4 is 10.6 Å². The number of alkyl carbamates (subject to hydrolysis) is 1. The van der Waals surface area contributed by atoms with Crippen LogP contribution in [0.15, 0.2) is 0 Å². The summed E-state index contributed by atoms with van der Waals surface area (Å²) >= 11 is 0. The van der Waals surface area contributed by atoms with Crippen LogP contribution in [0.4, 0.5) is 4.79 Å². The molecule has 0 saturated carbocycles. The van der Waals surface area contributed by atoms with E-state index >= 15 is 0 Å². The fourth-order valence-corrected chi connectivity index (χ4v) is 1.30. The van der Waals surface area contributed by atoms with E-state index in [9.17, 15) is 14.4 Å². The molecule has 2 N–H and O–H groups in total. The van der Waals surface area contributed by atoms with Crippen LogP contribution in [0.1, 0.15) is 20.3 Å². The molecule has 2 amide bonds. The summed E-state index contributed by atoms with van der Waals surface area (Å²) in [6, 6.07) is -0.707. The Hall–Kier alpha value is -1.79. The number of esters is 1. The van der Waals surface area contributed by atoms with Crippen LogP contribution in [0.3, 0.4) is 0 Å². The van der Waals surface area contributed by atoms with Gasteiger partial charge in [0.2, 0.25) is 5.91 Å². The maximum Gasteiger partial charge on any atom is 0.407 e. The Labute approximate surface area is 106 Å². The minimum absolute atomic E-state index is 0.225. The lowest BCUT2D eigenvalue weighted by Crippen LogP contribution is -2.46. The second-order valence-electron chi connectivity index (χ2n) is 4.12. The van der Waals surface area contributed by atoms with E-state index in [2.05, 4.69) is 20.1 Å². The molecule has 1 atom stereocenters. The van der Waals surface area contributed by atoms with E-state index in [4.69, 9.17) is 0 Å². The summed E-state index contributed by atoms with van der Waals surface area (Å²) < 4.78 is 8.91. The Bertz CT molecular complexity index is 304. The van der Waals surface area contributed by atoms with E-state index in [1.54, 1.807) is 0 Å². The Kier molecular flexibility index (Phi) is 7.50. The SMILES string of the molecule is COC(=O)NCC(=O)NC(CC(C)C)C(=O)OC. The number of nitrogens with one attached hydrogen (secondary N) is 2. The Morgan fingerprint density at radius 3 is 2.17 bits per heavy atom. The lowest BCUT2D eigenvalue weighted by atomic mass is 10.0. The highest BCUT2D eigenvalue weighted by molar-refractivity contribution is 5.87. The molecular formula is C11H20N2O5. The van der Waals surface area contributed by atoms with Crippen molar-refractivity contribution in [1.29, 1.82) is 0 Å². The first kappa shape index (κ1) is 16.2. The molecule has 0 aromatic carbocycles. The molecule has 0 rings (SSSR count). The van der Waals surface area contributed by atoms with E-state index in [-0.39, 0.29) is 12.5 Å². The molecular weight excluding hydrogens is 240 g/mol. The van der Waals surface area contributed by atoms with Gasteiger partial charge in [0.05, 0.1) is 14.2 Å². The van der Waals surface area contributed by atoms with Gasteiger partial charge in [-0.2, -0.15) is 0 Å². The predicted octanol–water partition coefficient (Wildman–Crippen LogP) is 0.0463. The van der Waals surface area contributed by atoms with Crippen LogP contribution in [0.2, 0.25) is 0 Å². The number of hydrogen-bond donors (Lipinski definition) is 2. The van der Waals surface area contributed by atoms with Crippen LogP contribution >= 0.6 is 0 Å². The number of amides is 2. The smallest absolute Gasteiger partial charge is 0.407 e.